The van der Waals surface area contributed by atoms with E-state index in [0.717, 1.165) is 0 Å². The van der Waals surface area contributed by atoms with Crippen LogP contribution in [-0.2, 0) is 19.2 Å². The summed E-state index contributed by atoms with van der Waals surface area (Å²) in [5.41, 5.74) is 9.35. The lowest BCUT2D eigenvalue weighted by molar-refractivity contribution is -0.142. The van der Waals surface area contributed by atoms with Gasteiger partial charge in [0.05, 0.1) is 0 Å². The average Bonchev–Trinajstić information content (AvgIpc) is 2.46. The van der Waals surface area contributed by atoms with Gasteiger partial charge in [0.2, 0.25) is 0 Å². The second kappa shape index (κ2) is 12.8. The molecule has 0 rings (SSSR count). The number of carbonyl (C=O) groups is 6. The number of hydrogen-bond donors (Lipinski definition) is 8. The minimum absolute atomic E-state index is 0.187. The standard InChI is InChI=1S/2C6H10N2O5/c2*7-6(13)8-3(5(11)12)1-2-4(9)10/h2*3H,1-2H2,(H,9,10)(H,11,12)(H3,7,8,13). The Bertz CT molecular complexity index is 502. The zero-order valence-corrected chi connectivity index (χ0v) is 13.4. The van der Waals surface area contributed by atoms with E-state index < -0.39 is 48.0 Å². The number of carboxylic acid groups (broad SMARTS) is 4. The number of primary amides is 2. The molecule has 10 N–H and O–H groups in total. The summed E-state index contributed by atoms with van der Waals surface area (Å²) in [6.07, 6.45) is -1.05. The van der Waals surface area contributed by atoms with Crippen LogP contribution < -0.4 is 22.1 Å². The molecule has 0 saturated carbocycles. The van der Waals surface area contributed by atoms with E-state index in [2.05, 4.69) is 11.5 Å². The molecule has 0 aromatic carbocycles. The number of hydrogen-bond acceptors (Lipinski definition) is 6. The molecule has 26 heavy (non-hydrogen) atoms. The van der Waals surface area contributed by atoms with E-state index in [1.54, 1.807) is 0 Å². The molecule has 0 aliphatic rings. The maximum absolute atomic E-state index is 10.4. The second-order valence-corrected chi connectivity index (χ2v) is 4.66. The number of urea groups is 2. The lowest BCUT2D eigenvalue weighted by atomic mass is 10.1. The molecule has 0 bridgehead atoms. The fourth-order valence-corrected chi connectivity index (χ4v) is 1.39. The van der Waals surface area contributed by atoms with Crippen LogP contribution in [0.25, 0.3) is 0 Å². The topological polar surface area (TPSA) is 259 Å². The number of carboxylic acids is 4. The van der Waals surface area contributed by atoms with Crippen molar-refractivity contribution in [3.05, 3.63) is 0 Å². The molecule has 0 aromatic heterocycles. The Morgan fingerprint density at radius 1 is 0.654 bits per heavy atom. The normalized spacial score (nSPS) is 11.7. The molecule has 4 amide bonds. The van der Waals surface area contributed by atoms with Crippen LogP contribution in [0.5, 0.6) is 0 Å². The van der Waals surface area contributed by atoms with Gasteiger partial charge < -0.3 is 42.5 Å². The summed E-state index contributed by atoms with van der Waals surface area (Å²) >= 11 is 0. The summed E-state index contributed by atoms with van der Waals surface area (Å²) in [6, 6.07) is -4.46. The van der Waals surface area contributed by atoms with Crippen LogP contribution in [-0.4, -0.2) is 68.4 Å². The van der Waals surface area contributed by atoms with Gasteiger partial charge in [-0.25, -0.2) is 19.2 Å². The minimum atomic E-state index is -1.31. The van der Waals surface area contributed by atoms with E-state index in [4.69, 9.17) is 20.4 Å². The monoisotopic (exact) mass is 380 g/mol. The van der Waals surface area contributed by atoms with Crippen molar-refractivity contribution in [1.29, 1.82) is 0 Å². The summed E-state index contributed by atoms with van der Waals surface area (Å²) < 4.78 is 0. The van der Waals surface area contributed by atoms with Gasteiger partial charge >= 0.3 is 35.9 Å². The first-order valence-corrected chi connectivity index (χ1v) is 6.87. The van der Waals surface area contributed by atoms with E-state index >= 15 is 0 Å². The van der Waals surface area contributed by atoms with Crippen molar-refractivity contribution in [2.45, 2.75) is 37.8 Å². The highest BCUT2D eigenvalue weighted by Crippen LogP contribution is 1.98. The Hall–Kier alpha value is -3.58. The van der Waals surface area contributed by atoms with Crippen LogP contribution in [0.4, 0.5) is 9.59 Å². The van der Waals surface area contributed by atoms with Gasteiger partial charge in [-0.3, -0.25) is 9.59 Å². The van der Waals surface area contributed by atoms with Gasteiger partial charge in [0.25, 0.3) is 0 Å². The molecule has 0 saturated heterocycles. The maximum Gasteiger partial charge on any atom is 0.326 e. The number of amides is 4. The maximum atomic E-state index is 10.4. The van der Waals surface area contributed by atoms with Gasteiger partial charge in [-0.05, 0) is 12.8 Å². The van der Waals surface area contributed by atoms with Gasteiger partial charge in [0, 0.05) is 12.8 Å². The highest BCUT2D eigenvalue weighted by Gasteiger charge is 2.20. The highest BCUT2D eigenvalue weighted by molar-refractivity contribution is 5.82. The smallest absolute Gasteiger partial charge is 0.326 e. The van der Waals surface area contributed by atoms with Crippen LogP contribution in [0.2, 0.25) is 0 Å². The predicted octanol–water partition coefficient (Wildman–Crippen LogP) is -2.05. The third-order valence-corrected chi connectivity index (χ3v) is 2.52. The second-order valence-electron chi connectivity index (χ2n) is 4.66. The fourth-order valence-electron chi connectivity index (χ4n) is 1.39. The van der Waals surface area contributed by atoms with Crippen LogP contribution in [0.3, 0.4) is 0 Å². The quantitative estimate of drug-likeness (QED) is 0.205. The molecule has 2 atom stereocenters. The number of rotatable bonds is 10. The molecule has 0 aliphatic carbocycles. The molecule has 0 aromatic rings. The van der Waals surface area contributed by atoms with Crippen molar-refractivity contribution >= 4 is 35.9 Å². The molecular formula is C12H20N4O10. The van der Waals surface area contributed by atoms with Crippen LogP contribution in [0.15, 0.2) is 0 Å². The molecule has 2 unspecified atom stereocenters. The highest BCUT2D eigenvalue weighted by atomic mass is 16.4. The molecule has 0 spiro atoms. The van der Waals surface area contributed by atoms with Crippen molar-refractivity contribution in [2.24, 2.45) is 11.5 Å². The summed E-state index contributed by atoms with van der Waals surface area (Å²) in [6.45, 7) is 0. The zero-order valence-electron chi connectivity index (χ0n) is 13.4. The van der Waals surface area contributed by atoms with Crippen LogP contribution in [0, 0.1) is 0 Å². The van der Waals surface area contributed by atoms with Crippen molar-refractivity contribution in [3.63, 3.8) is 0 Å². The van der Waals surface area contributed by atoms with E-state index in [1.807, 2.05) is 10.6 Å². The lowest BCUT2D eigenvalue weighted by Gasteiger charge is -2.10. The molecule has 0 heterocycles. The number of aliphatic carboxylic acids is 4. The number of nitrogens with two attached hydrogens (primary N) is 2. The summed E-state index contributed by atoms with van der Waals surface area (Å²) in [7, 11) is 0. The SMILES string of the molecule is NC(=O)NC(CCC(=O)O)C(=O)O.NC(=O)NC(CCC(=O)O)C(=O)O. The summed E-state index contributed by atoms with van der Waals surface area (Å²) in [5, 5.41) is 37.2. The van der Waals surface area contributed by atoms with Crippen LogP contribution in [0.1, 0.15) is 25.7 Å². The lowest BCUT2D eigenvalue weighted by Crippen LogP contribution is -2.43. The molecular weight excluding hydrogens is 360 g/mol. The molecule has 14 heteroatoms. The van der Waals surface area contributed by atoms with Crippen LogP contribution >= 0.6 is 0 Å². The molecule has 148 valence electrons. The first-order valence-electron chi connectivity index (χ1n) is 6.87. The Morgan fingerprint density at radius 3 is 1.08 bits per heavy atom. The molecule has 0 radical (unpaired) electrons. The van der Waals surface area contributed by atoms with E-state index in [9.17, 15) is 28.8 Å². The Kier molecular flexibility index (Phi) is 12.1. The first kappa shape index (κ1) is 24.7. The van der Waals surface area contributed by atoms with Crippen molar-refractivity contribution in [1.82, 2.24) is 10.6 Å². The Balaban J connectivity index is 0. The van der Waals surface area contributed by atoms with Crippen molar-refractivity contribution in [3.8, 4) is 0 Å². The number of carbonyl (C=O) groups excluding carboxylic acids is 2. The van der Waals surface area contributed by atoms with E-state index in [-0.39, 0.29) is 25.7 Å². The van der Waals surface area contributed by atoms with Crippen molar-refractivity contribution in [2.75, 3.05) is 0 Å². The van der Waals surface area contributed by atoms with Gasteiger partial charge in [-0.1, -0.05) is 0 Å². The van der Waals surface area contributed by atoms with Gasteiger partial charge in [-0.15, -0.1) is 0 Å². The third kappa shape index (κ3) is 15.3. The fraction of sp³-hybridized carbons (Fsp3) is 0.500. The summed E-state index contributed by atoms with van der Waals surface area (Å²) in [4.78, 5) is 61.4. The average molecular weight is 380 g/mol. The minimum Gasteiger partial charge on any atom is -0.481 e. The predicted molar refractivity (Wildman–Crippen MR) is 82.0 cm³/mol. The Morgan fingerprint density at radius 2 is 0.923 bits per heavy atom. The largest absolute Gasteiger partial charge is 0.481 e. The zero-order chi connectivity index (χ0) is 20.9. The Labute approximate surface area is 146 Å². The van der Waals surface area contributed by atoms with Gasteiger partial charge in [0.1, 0.15) is 12.1 Å². The first-order chi connectivity index (χ1) is 11.9. The van der Waals surface area contributed by atoms with Gasteiger partial charge in [0.15, 0.2) is 0 Å². The van der Waals surface area contributed by atoms with Crippen molar-refractivity contribution < 1.29 is 49.2 Å². The van der Waals surface area contributed by atoms with E-state index in [1.165, 1.54) is 0 Å². The molecule has 14 nitrogen and oxygen atoms in total. The summed E-state index contributed by atoms with van der Waals surface area (Å²) in [5.74, 6) is -4.87. The molecule has 0 fully saturated rings. The number of nitrogens with one attached hydrogen (secondary N) is 2. The van der Waals surface area contributed by atoms with Gasteiger partial charge in [-0.2, -0.15) is 0 Å². The van der Waals surface area contributed by atoms with E-state index in [0.29, 0.717) is 0 Å². The molecule has 0 aliphatic heterocycles. The third-order valence-electron chi connectivity index (χ3n) is 2.52.